The van der Waals surface area contributed by atoms with E-state index in [1.165, 1.54) is 32.1 Å². The molecule has 1 aromatic heterocycles. The number of fused-ring (bicyclic) bond motifs is 1. The van der Waals surface area contributed by atoms with Gasteiger partial charge in [-0.2, -0.15) is 0 Å². The summed E-state index contributed by atoms with van der Waals surface area (Å²) in [7, 11) is 1.66. The molecule has 0 amide bonds. The summed E-state index contributed by atoms with van der Waals surface area (Å²) in [5, 5.41) is 15.6. The second kappa shape index (κ2) is 11.5. The van der Waals surface area contributed by atoms with Crippen molar-refractivity contribution in [1.82, 2.24) is 15.2 Å². The average Bonchev–Trinajstić information content (AvgIpc) is 2.76. The Morgan fingerprint density at radius 3 is 2.72 bits per heavy atom. The summed E-state index contributed by atoms with van der Waals surface area (Å²) in [6, 6.07) is 8.38. The van der Waals surface area contributed by atoms with E-state index in [1.54, 1.807) is 13.3 Å². The number of nitrogens with one attached hydrogen (secondary N) is 1. The third-order valence-electron chi connectivity index (χ3n) is 6.07. The van der Waals surface area contributed by atoms with E-state index in [2.05, 4.69) is 22.1 Å². The standard InChI is InChI=1S/C24H37N3O2/c1-3-4-5-6-7-13-25-19-11-15-27(16-12-19)18-24(28)21-10-14-26-23-9-8-20(29-2)17-22(21)23/h8-10,14,17,19,24-25,28H,3-7,11-13,15-16,18H2,1-2H3. The van der Waals surface area contributed by atoms with Gasteiger partial charge in [-0.3, -0.25) is 4.98 Å². The maximum atomic E-state index is 10.9. The lowest BCUT2D eigenvalue weighted by atomic mass is 10.0. The van der Waals surface area contributed by atoms with Crippen LogP contribution in [0.2, 0.25) is 0 Å². The number of β-amino-alcohol motifs (C(OH)–C–C–N with tert-alkyl or cyclic N) is 1. The Bertz CT molecular complexity index is 744. The molecule has 1 saturated heterocycles. The zero-order chi connectivity index (χ0) is 20.5. The van der Waals surface area contributed by atoms with Crippen molar-refractivity contribution >= 4 is 10.9 Å². The molecule has 1 aliphatic heterocycles. The maximum Gasteiger partial charge on any atom is 0.119 e. The van der Waals surface area contributed by atoms with Crippen LogP contribution < -0.4 is 10.1 Å². The molecule has 29 heavy (non-hydrogen) atoms. The van der Waals surface area contributed by atoms with Crippen molar-refractivity contribution in [3.63, 3.8) is 0 Å². The van der Waals surface area contributed by atoms with Crippen molar-refractivity contribution in [2.45, 2.75) is 64.0 Å². The average molecular weight is 400 g/mol. The molecule has 1 unspecified atom stereocenters. The molecule has 0 saturated carbocycles. The Kier molecular flexibility index (Phi) is 8.71. The first-order valence-corrected chi connectivity index (χ1v) is 11.3. The first-order valence-electron chi connectivity index (χ1n) is 11.3. The van der Waals surface area contributed by atoms with E-state index in [9.17, 15) is 5.11 Å². The van der Waals surface area contributed by atoms with Crippen molar-refractivity contribution in [1.29, 1.82) is 0 Å². The van der Waals surface area contributed by atoms with Gasteiger partial charge in [0.25, 0.3) is 0 Å². The molecule has 160 valence electrons. The third kappa shape index (κ3) is 6.39. The van der Waals surface area contributed by atoms with Crippen LogP contribution in [0.5, 0.6) is 5.75 Å². The largest absolute Gasteiger partial charge is 0.497 e. The van der Waals surface area contributed by atoms with Crippen LogP contribution in [0.3, 0.4) is 0 Å². The van der Waals surface area contributed by atoms with Crippen molar-refractivity contribution < 1.29 is 9.84 Å². The Morgan fingerprint density at radius 2 is 1.97 bits per heavy atom. The van der Waals surface area contributed by atoms with E-state index < -0.39 is 6.10 Å². The molecule has 0 spiro atoms. The molecular weight excluding hydrogens is 362 g/mol. The number of aliphatic hydroxyl groups is 1. The van der Waals surface area contributed by atoms with E-state index in [1.807, 2.05) is 24.3 Å². The first kappa shape index (κ1) is 22.0. The number of aliphatic hydroxyl groups excluding tert-OH is 1. The minimum absolute atomic E-state index is 0.518. The second-order valence-corrected chi connectivity index (χ2v) is 8.24. The molecule has 0 aliphatic carbocycles. The number of rotatable bonds is 11. The van der Waals surface area contributed by atoms with Gasteiger partial charge >= 0.3 is 0 Å². The summed E-state index contributed by atoms with van der Waals surface area (Å²) in [5.74, 6) is 0.792. The highest BCUT2D eigenvalue weighted by atomic mass is 16.5. The number of likely N-dealkylation sites (tertiary alicyclic amines) is 1. The summed E-state index contributed by atoms with van der Waals surface area (Å²) in [6.45, 7) is 6.15. The topological polar surface area (TPSA) is 57.6 Å². The van der Waals surface area contributed by atoms with Gasteiger partial charge < -0.3 is 20.1 Å². The minimum atomic E-state index is -0.518. The van der Waals surface area contributed by atoms with Gasteiger partial charge in [0.15, 0.2) is 0 Å². The third-order valence-corrected chi connectivity index (χ3v) is 6.07. The van der Waals surface area contributed by atoms with Crippen LogP contribution in [0.1, 0.15) is 63.5 Å². The fourth-order valence-electron chi connectivity index (χ4n) is 4.26. The SMILES string of the molecule is CCCCCCCNC1CCN(CC(O)c2ccnc3ccc(OC)cc23)CC1. The van der Waals surface area contributed by atoms with Crippen LogP contribution in [-0.2, 0) is 0 Å². The normalized spacial score (nSPS) is 16.9. The van der Waals surface area contributed by atoms with E-state index in [-0.39, 0.29) is 0 Å². The van der Waals surface area contributed by atoms with Crippen molar-refractivity contribution in [2.75, 3.05) is 33.3 Å². The molecule has 1 aliphatic rings. The van der Waals surface area contributed by atoms with Crippen molar-refractivity contribution in [2.24, 2.45) is 0 Å². The summed E-state index contributed by atoms with van der Waals surface area (Å²) >= 11 is 0. The Labute approximate surface area is 175 Å². The predicted molar refractivity (Wildman–Crippen MR) is 119 cm³/mol. The van der Waals surface area contributed by atoms with E-state index >= 15 is 0 Å². The van der Waals surface area contributed by atoms with Gasteiger partial charge in [0.1, 0.15) is 5.75 Å². The maximum absolute atomic E-state index is 10.9. The van der Waals surface area contributed by atoms with Crippen LogP contribution in [0.15, 0.2) is 30.5 Å². The molecule has 0 radical (unpaired) electrons. The van der Waals surface area contributed by atoms with Gasteiger partial charge in [-0.05, 0) is 68.7 Å². The van der Waals surface area contributed by atoms with Crippen LogP contribution in [-0.4, -0.2) is 54.3 Å². The van der Waals surface area contributed by atoms with E-state index in [0.29, 0.717) is 12.6 Å². The van der Waals surface area contributed by atoms with Crippen molar-refractivity contribution in [3.05, 3.63) is 36.0 Å². The Morgan fingerprint density at radius 1 is 1.17 bits per heavy atom. The van der Waals surface area contributed by atoms with Gasteiger partial charge in [0.2, 0.25) is 0 Å². The Balaban J connectivity index is 1.46. The zero-order valence-corrected chi connectivity index (χ0v) is 18.1. The fraction of sp³-hybridized carbons (Fsp3) is 0.625. The summed E-state index contributed by atoms with van der Waals surface area (Å²) in [4.78, 5) is 6.81. The number of unbranched alkanes of at least 4 members (excludes halogenated alkanes) is 4. The molecule has 2 aromatic rings. The van der Waals surface area contributed by atoms with Crippen LogP contribution in [0, 0.1) is 0 Å². The molecule has 1 fully saturated rings. The van der Waals surface area contributed by atoms with E-state index in [0.717, 1.165) is 54.7 Å². The lowest BCUT2D eigenvalue weighted by molar-refractivity contribution is 0.0950. The second-order valence-electron chi connectivity index (χ2n) is 8.24. The monoisotopic (exact) mass is 399 g/mol. The van der Waals surface area contributed by atoms with Gasteiger partial charge in [-0.1, -0.05) is 32.6 Å². The number of aromatic nitrogens is 1. The summed E-state index contributed by atoms with van der Waals surface area (Å²) in [5.41, 5.74) is 1.82. The molecule has 5 heteroatoms. The molecule has 1 aromatic carbocycles. The molecule has 2 N–H and O–H groups in total. The predicted octanol–water partition coefficient (Wildman–Crippen LogP) is 4.30. The molecule has 2 heterocycles. The lowest BCUT2D eigenvalue weighted by Crippen LogP contribution is -2.44. The Hall–Kier alpha value is -1.69. The molecule has 1 atom stereocenters. The summed E-state index contributed by atoms with van der Waals surface area (Å²) in [6.07, 6.45) is 10.2. The number of pyridine rings is 1. The van der Waals surface area contributed by atoms with Crippen LogP contribution in [0.25, 0.3) is 10.9 Å². The molecular formula is C24H37N3O2. The van der Waals surface area contributed by atoms with Gasteiger partial charge in [-0.15, -0.1) is 0 Å². The number of hydrogen-bond donors (Lipinski definition) is 2. The van der Waals surface area contributed by atoms with Gasteiger partial charge in [0, 0.05) is 24.2 Å². The zero-order valence-electron chi connectivity index (χ0n) is 18.1. The number of nitrogens with zero attached hydrogens (tertiary/aromatic N) is 2. The smallest absolute Gasteiger partial charge is 0.119 e. The molecule has 0 bridgehead atoms. The number of ether oxygens (including phenoxy) is 1. The molecule has 5 nitrogen and oxygen atoms in total. The fourth-order valence-corrected chi connectivity index (χ4v) is 4.26. The van der Waals surface area contributed by atoms with Gasteiger partial charge in [0.05, 0.1) is 18.7 Å². The first-order chi connectivity index (χ1) is 14.2. The highest BCUT2D eigenvalue weighted by Crippen LogP contribution is 2.27. The lowest BCUT2D eigenvalue weighted by Gasteiger charge is -2.33. The highest BCUT2D eigenvalue weighted by molar-refractivity contribution is 5.83. The number of piperidine rings is 1. The number of benzene rings is 1. The quantitative estimate of drug-likeness (QED) is 0.552. The van der Waals surface area contributed by atoms with E-state index in [4.69, 9.17) is 4.74 Å². The number of hydrogen-bond acceptors (Lipinski definition) is 5. The van der Waals surface area contributed by atoms with Crippen LogP contribution >= 0.6 is 0 Å². The number of methoxy groups -OCH3 is 1. The highest BCUT2D eigenvalue weighted by Gasteiger charge is 2.22. The van der Waals surface area contributed by atoms with Gasteiger partial charge in [-0.25, -0.2) is 0 Å². The van der Waals surface area contributed by atoms with Crippen LogP contribution in [0.4, 0.5) is 0 Å². The summed E-state index contributed by atoms with van der Waals surface area (Å²) < 4.78 is 5.35. The molecule has 3 rings (SSSR count). The van der Waals surface area contributed by atoms with Crippen molar-refractivity contribution in [3.8, 4) is 5.75 Å². The minimum Gasteiger partial charge on any atom is -0.497 e.